The molecule has 2 heterocycles. The van der Waals surface area contributed by atoms with E-state index in [1.165, 1.54) is 19.5 Å². The first kappa shape index (κ1) is 27.1. The van der Waals surface area contributed by atoms with Crippen molar-refractivity contribution in [2.45, 2.75) is 76.3 Å². The van der Waals surface area contributed by atoms with Gasteiger partial charge in [-0.1, -0.05) is 0 Å². The van der Waals surface area contributed by atoms with Crippen molar-refractivity contribution in [1.82, 2.24) is 19.8 Å². The van der Waals surface area contributed by atoms with Gasteiger partial charge in [0.15, 0.2) is 0 Å². The van der Waals surface area contributed by atoms with Gasteiger partial charge in [0, 0.05) is 29.6 Å². The summed E-state index contributed by atoms with van der Waals surface area (Å²) in [5, 5.41) is 3.25. The maximum Gasteiger partial charge on any atom is 0.416 e. The Morgan fingerprint density at radius 2 is 1.89 bits per heavy atom. The average molecular weight is 522 g/mol. The van der Waals surface area contributed by atoms with E-state index in [0.717, 1.165) is 18.6 Å². The van der Waals surface area contributed by atoms with Crippen molar-refractivity contribution in [3.8, 4) is 0 Å². The van der Waals surface area contributed by atoms with Gasteiger partial charge in [0.05, 0.1) is 24.1 Å². The van der Waals surface area contributed by atoms with Crippen LogP contribution < -0.4 is 5.32 Å². The van der Waals surface area contributed by atoms with Gasteiger partial charge in [-0.25, -0.2) is 9.97 Å². The quantitative estimate of drug-likeness (QED) is 0.593. The first-order chi connectivity index (χ1) is 17.3. The molecule has 4 rings (SSSR count). The Morgan fingerprint density at radius 3 is 2.54 bits per heavy atom. The van der Waals surface area contributed by atoms with Crippen LogP contribution >= 0.6 is 0 Å². The number of nitrogens with zero attached hydrogens (tertiary/aromatic N) is 4. The number of alkyl halides is 3. The number of hydrogen-bond donors (Lipinski definition) is 1. The number of carbonyl (C=O) groups is 2. The Balaban J connectivity index is 1.53. The molecule has 0 radical (unpaired) electrons. The van der Waals surface area contributed by atoms with E-state index in [1.807, 2.05) is 0 Å². The molecule has 0 bridgehead atoms. The number of esters is 1. The van der Waals surface area contributed by atoms with Crippen molar-refractivity contribution in [1.29, 1.82) is 0 Å². The minimum atomic E-state index is -4.51. The van der Waals surface area contributed by atoms with Crippen LogP contribution in [-0.2, 0) is 20.5 Å². The summed E-state index contributed by atoms with van der Waals surface area (Å²) in [5.74, 6) is -0.801. The molecule has 1 saturated carbocycles. The second-order valence-corrected chi connectivity index (χ2v) is 10.9. The summed E-state index contributed by atoms with van der Waals surface area (Å²) in [4.78, 5) is 38.5. The van der Waals surface area contributed by atoms with Crippen LogP contribution in [0.3, 0.4) is 0 Å². The van der Waals surface area contributed by atoms with E-state index in [0.29, 0.717) is 31.3 Å². The molecule has 0 spiro atoms. The topological polar surface area (TPSA) is 87.7 Å². The number of amides is 1. The van der Waals surface area contributed by atoms with Gasteiger partial charge in [-0.15, -0.1) is 0 Å². The van der Waals surface area contributed by atoms with Crippen LogP contribution in [0.15, 0.2) is 24.5 Å². The molecule has 1 N–H and O–H groups in total. The van der Waals surface area contributed by atoms with Gasteiger partial charge in [-0.2, -0.15) is 13.2 Å². The Kier molecular flexibility index (Phi) is 7.38. The number of benzene rings is 1. The van der Waals surface area contributed by atoms with Crippen molar-refractivity contribution in [2.75, 3.05) is 26.0 Å². The fourth-order valence-corrected chi connectivity index (χ4v) is 5.49. The second kappa shape index (κ2) is 10.1. The zero-order valence-corrected chi connectivity index (χ0v) is 21.8. The summed E-state index contributed by atoms with van der Waals surface area (Å²) in [7, 11) is 3.42. The highest BCUT2D eigenvalue weighted by Gasteiger charge is 2.46. The highest BCUT2D eigenvalue weighted by atomic mass is 19.4. The molecule has 2 fully saturated rings. The molecule has 202 valence electrons. The summed E-state index contributed by atoms with van der Waals surface area (Å²) in [5.41, 5.74) is -0.530. The lowest BCUT2D eigenvalue weighted by Crippen LogP contribution is -2.55. The molecule has 1 aliphatic heterocycles. The predicted octanol–water partition coefficient (Wildman–Crippen LogP) is 4.10. The van der Waals surface area contributed by atoms with Crippen molar-refractivity contribution >= 4 is 28.6 Å². The van der Waals surface area contributed by atoms with Gasteiger partial charge in [-0.3, -0.25) is 14.5 Å². The predicted molar refractivity (Wildman–Crippen MR) is 133 cm³/mol. The number of rotatable bonds is 5. The lowest BCUT2D eigenvalue weighted by atomic mass is 9.79. The molecule has 11 heteroatoms. The van der Waals surface area contributed by atoms with E-state index in [1.54, 1.807) is 4.90 Å². The van der Waals surface area contributed by atoms with Crippen molar-refractivity contribution in [3.63, 3.8) is 0 Å². The average Bonchev–Trinajstić information content (AvgIpc) is 3.21. The van der Waals surface area contributed by atoms with Crippen LogP contribution in [0.1, 0.15) is 52.0 Å². The third-order valence-corrected chi connectivity index (χ3v) is 7.81. The van der Waals surface area contributed by atoms with Crippen LogP contribution in [-0.4, -0.2) is 76.0 Å². The molecular formula is C26H34F3N5O3. The van der Waals surface area contributed by atoms with E-state index in [2.05, 4.69) is 48.0 Å². The van der Waals surface area contributed by atoms with Crippen LogP contribution in [0.4, 0.5) is 19.0 Å². The first-order valence-electron chi connectivity index (χ1n) is 12.5. The number of likely N-dealkylation sites (tertiary alicyclic amines) is 1. The van der Waals surface area contributed by atoms with Crippen molar-refractivity contribution < 1.29 is 27.5 Å². The number of fused-ring (bicyclic) bond motifs is 1. The molecule has 2 aliphatic rings. The molecule has 1 aliphatic carbocycles. The SMILES string of the molecule is COC(=O)[C@@H]1C[C@H](N(C)C(C)(C)C)CC[C@@H]1N1CC[C@H](Nc2ncnc3ccc(C(F)(F)F)cc23)C1=O. The van der Waals surface area contributed by atoms with Gasteiger partial charge < -0.3 is 15.0 Å². The second-order valence-electron chi connectivity index (χ2n) is 10.9. The number of aromatic nitrogens is 2. The third kappa shape index (κ3) is 5.51. The Morgan fingerprint density at radius 1 is 1.16 bits per heavy atom. The Hall–Kier alpha value is -2.95. The minimum Gasteiger partial charge on any atom is -0.469 e. The van der Waals surface area contributed by atoms with Gasteiger partial charge in [0.25, 0.3) is 0 Å². The molecule has 1 amide bonds. The summed E-state index contributed by atoms with van der Waals surface area (Å²) < 4.78 is 45.0. The highest BCUT2D eigenvalue weighted by molar-refractivity contribution is 5.93. The number of carbonyl (C=O) groups excluding carboxylic acids is 2. The lowest BCUT2D eigenvalue weighted by Gasteiger charge is -2.46. The van der Waals surface area contributed by atoms with Crippen molar-refractivity contribution in [3.05, 3.63) is 30.1 Å². The molecule has 1 aromatic carbocycles. The fourth-order valence-electron chi connectivity index (χ4n) is 5.49. The van der Waals surface area contributed by atoms with Crippen LogP contribution in [0.5, 0.6) is 0 Å². The molecule has 1 saturated heterocycles. The summed E-state index contributed by atoms with van der Waals surface area (Å²) in [6, 6.07) is 2.48. The van der Waals surface area contributed by atoms with Gasteiger partial charge in [0.2, 0.25) is 5.91 Å². The Bertz CT molecular complexity index is 1170. The largest absolute Gasteiger partial charge is 0.469 e. The molecule has 4 atom stereocenters. The normalized spacial score (nSPS) is 25.1. The fraction of sp³-hybridized carbons (Fsp3) is 0.615. The smallest absolute Gasteiger partial charge is 0.416 e. The molecule has 0 unspecified atom stereocenters. The number of anilines is 1. The number of methoxy groups -OCH3 is 1. The monoisotopic (exact) mass is 521 g/mol. The zero-order chi connectivity index (χ0) is 27.1. The van der Waals surface area contributed by atoms with Gasteiger partial charge >= 0.3 is 12.1 Å². The first-order valence-corrected chi connectivity index (χ1v) is 12.5. The van der Waals surface area contributed by atoms with E-state index in [9.17, 15) is 22.8 Å². The molecule has 8 nitrogen and oxygen atoms in total. The standard InChI is InChI=1S/C26H34F3N5O3/c1-25(2,3)33(4)16-7-9-21(18(13-16)24(36)37-5)34-11-10-20(23(34)35)32-22-17-12-15(26(27,28)29)6-8-19(17)30-14-31-22/h6,8,12,14,16,18,20-21H,7,9-11,13H2,1-5H3,(H,30,31,32)/t16-,18-,20+,21+/m1/s1. The van der Waals surface area contributed by atoms with Crippen molar-refractivity contribution in [2.24, 2.45) is 5.92 Å². The summed E-state index contributed by atoms with van der Waals surface area (Å²) >= 11 is 0. The summed E-state index contributed by atoms with van der Waals surface area (Å²) in [6.45, 7) is 6.81. The molecule has 37 heavy (non-hydrogen) atoms. The Labute approximate surface area is 214 Å². The van der Waals surface area contributed by atoms with Crippen LogP contribution in [0.2, 0.25) is 0 Å². The number of nitrogens with one attached hydrogen (secondary N) is 1. The maximum absolute atomic E-state index is 13.5. The molecule has 2 aromatic rings. The number of ether oxygens (including phenoxy) is 1. The van der Waals surface area contributed by atoms with E-state index in [-0.39, 0.29) is 40.7 Å². The van der Waals surface area contributed by atoms with E-state index in [4.69, 9.17) is 4.74 Å². The van der Waals surface area contributed by atoms with E-state index < -0.39 is 23.7 Å². The third-order valence-electron chi connectivity index (χ3n) is 7.81. The molecule has 1 aromatic heterocycles. The summed E-state index contributed by atoms with van der Waals surface area (Å²) in [6.07, 6.45) is -0.721. The van der Waals surface area contributed by atoms with Gasteiger partial charge in [0.1, 0.15) is 18.2 Å². The number of halogens is 3. The molecular weight excluding hydrogens is 487 g/mol. The number of hydrogen-bond acceptors (Lipinski definition) is 7. The highest BCUT2D eigenvalue weighted by Crippen LogP contribution is 2.37. The lowest BCUT2D eigenvalue weighted by molar-refractivity contribution is -0.152. The van der Waals surface area contributed by atoms with Crippen LogP contribution in [0.25, 0.3) is 10.9 Å². The maximum atomic E-state index is 13.5. The minimum absolute atomic E-state index is 0.0665. The van der Waals surface area contributed by atoms with Crippen LogP contribution in [0, 0.1) is 5.92 Å². The van der Waals surface area contributed by atoms with E-state index >= 15 is 0 Å². The van der Waals surface area contributed by atoms with Gasteiger partial charge in [-0.05, 0) is 71.7 Å². The zero-order valence-electron chi connectivity index (χ0n) is 21.8.